The van der Waals surface area contributed by atoms with E-state index in [1.54, 1.807) is 38.1 Å². The first-order chi connectivity index (χ1) is 12.4. The summed E-state index contributed by atoms with van der Waals surface area (Å²) in [6.07, 6.45) is 0.413. The van der Waals surface area contributed by atoms with Crippen LogP contribution in [0.25, 0.3) is 0 Å². The maximum absolute atomic E-state index is 12.9. The number of hydrogen-bond acceptors (Lipinski definition) is 5. The standard InChI is InChI=1S/C19H28BrN3O4/c1-11(2)10-15(16(25)17(21)19(4,5)27-12(3)24)23-18(26)22-14-8-6-13(20)7-9-14/h6-9,11,15,17H,10,21H2,1-5H3,(H2,22,23,26). The van der Waals surface area contributed by atoms with Crippen molar-refractivity contribution in [3.8, 4) is 0 Å². The SMILES string of the molecule is CC(=O)OC(C)(C)C(N)C(=O)C(CC(C)C)NC(=O)Nc1ccc(Br)cc1. The van der Waals surface area contributed by atoms with Gasteiger partial charge in [0.2, 0.25) is 0 Å². The van der Waals surface area contributed by atoms with Crippen molar-refractivity contribution in [1.29, 1.82) is 0 Å². The van der Waals surface area contributed by atoms with Gasteiger partial charge in [-0.3, -0.25) is 9.59 Å². The predicted molar refractivity (Wildman–Crippen MR) is 108 cm³/mol. The lowest BCUT2D eigenvalue weighted by Crippen LogP contribution is -2.58. The smallest absolute Gasteiger partial charge is 0.319 e. The quantitative estimate of drug-likeness (QED) is 0.536. The van der Waals surface area contributed by atoms with E-state index in [1.807, 2.05) is 13.8 Å². The summed E-state index contributed by atoms with van der Waals surface area (Å²) >= 11 is 3.33. The Morgan fingerprint density at radius 1 is 1.19 bits per heavy atom. The van der Waals surface area contributed by atoms with E-state index in [0.717, 1.165) is 4.47 Å². The normalized spacial score (nSPS) is 13.6. The van der Waals surface area contributed by atoms with Crippen molar-refractivity contribution < 1.29 is 19.1 Å². The van der Waals surface area contributed by atoms with E-state index < -0.39 is 29.7 Å². The van der Waals surface area contributed by atoms with Gasteiger partial charge in [0.05, 0.1) is 6.04 Å². The molecule has 0 bridgehead atoms. The Hall–Kier alpha value is -1.93. The molecule has 0 saturated heterocycles. The van der Waals surface area contributed by atoms with E-state index in [0.29, 0.717) is 12.1 Å². The molecule has 0 aliphatic heterocycles. The van der Waals surface area contributed by atoms with Crippen molar-refractivity contribution in [1.82, 2.24) is 5.32 Å². The lowest BCUT2D eigenvalue weighted by Gasteiger charge is -2.32. The lowest BCUT2D eigenvalue weighted by atomic mass is 9.88. The minimum Gasteiger partial charge on any atom is -0.458 e. The Balaban J connectivity index is 2.87. The van der Waals surface area contributed by atoms with Crippen LogP contribution in [0.5, 0.6) is 0 Å². The molecule has 1 aromatic carbocycles. The van der Waals surface area contributed by atoms with Crippen LogP contribution in [0.3, 0.4) is 0 Å². The maximum Gasteiger partial charge on any atom is 0.319 e. The van der Waals surface area contributed by atoms with Crippen molar-refractivity contribution >= 4 is 39.4 Å². The van der Waals surface area contributed by atoms with Gasteiger partial charge in [-0.05, 0) is 50.5 Å². The van der Waals surface area contributed by atoms with E-state index in [2.05, 4.69) is 26.6 Å². The number of benzene rings is 1. The monoisotopic (exact) mass is 441 g/mol. The van der Waals surface area contributed by atoms with Gasteiger partial charge in [-0.15, -0.1) is 0 Å². The summed E-state index contributed by atoms with van der Waals surface area (Å²) < 4.78 is 6.06. The molecule has 0 radical (unpaired) electrons. The number of halogens is 1. The fourth-order valence-electron chi connectivity index (χ4n) is 2.57. The third kappa shape index (κ3) is 7.68. The number of anilines is 1. The highest BCUT2D eigenvalue weighted by atomic mass is 79.9. The number of Topliss-reactive ketones (excluding diaryl/α,β-unsaturated/α-hetero) is 1. The molecule has 0 fully saturated rings. The molecule has 150 valence electrons. The van der Waals surface area contributed by atoms with Crippen molar-refractivity contribution in [3.63, 3.8) is 0 Å². The largest absolute Gasteiger partial charge is 0.458 e. The van der Waals surface area contributed by atoms with E-state index >= 15 is 0 Å². The Kier molecular flexibility index (Phi) is 8.43. The van der Waals surface area contributed by atoms with E-state index in [4.69, 9.17) is 10.5 Å². The highest BCUT2D eigenvalue weighted by Crippen LogP contribution is 2.18. The topological polar surface area (TPSA) is 111 Å². The van der Waals surface area contributed by atoms with Gasteiger partial charge in [-0.2, -0.15) is 0 Å². The molecule has 0 heterocycles. The number of ketones is 1. The number of nitrogens with two attached hydrogens (primary N) is 1. The number of ether oxygens (including phenoxy) is 1. The summed E-state index contributed by atoms with van der Waals surface area (Å²) in [5.41, 5.74) is 5.48. The van der Waals surface area contributed by atoms with E-state index in [1.165, 1.54) is 6.92 Å². The number of amides is 2. The first-order valence-electron chi connectivity index (χ1n) is 8.74. The summed E-state index contributed by atoms with van der Waals surface area (Å²) in [5.74, 6) is -0.763. The average Bonchev–Trinajstić information content (AvgIpc) is 2.53. The highest BCUT2D eigenvalue weighted by Gasteiger charge is 2.39. The molecule has 0 aliphatic rings. The van der Waals surface area contributed by atoms with Gasteiger partial charge in [0, 0.05) is 17.1 Å². The molecule has 0 spiro atoms. The number of carbonyl (C=O) groups excluding carboxylic acids is 3. The van der Waals surface area contributed by atoms with Gasteiger partial charge in [-0.1, -0.05) is 29.8 Å². The van der Waals surface area contributed by atoms with Crippen LogP contribution < -0.4 is 16.4 Å². The Morgan fingerprint density at radius 3 is 2.22 bits per heavy atom. The van der Waals surface area contributed by atoms with Crippen molar-refractivity contribution in [2.24, 2.45) is 11.7 Å². The van der Waals surface area contributed by atoms with Crippen molar-refractivity contribution in [3.05, 3.63) is 28.7 Å². The van der Waals surface area contributed by atoms with E-state index in [-0.39, 0.29) is 11.7 Å². The number of hydrogen-bond donors (Lipinski definition) is 3. The first-order valence-corrected chi connectivity index (χ1v) is 9.53. The second-order valence-electron chi connectivity index (χ2n) is 7.36. The number of nitrogens with one attached hydrogen (secondary N) is 2. The average molecular weight is 442 g/mol. The van der Waals surface area contributed by atoms with Crippen molar-refractivity contribution in [2.75, 3.05) is 5.32 Å². The molecule has 2 amide bonds. The van der Waals surface area contributed by atoms with Gasteiger partial charge in [0.1, 0.15) is 11.6 Å². The third-order valence-corrected chi connectivity index (χ3v) is 4.45. The molecule has 7 nitrogen and oxygen atoms in total. The summed E-state index contributed by atoms with van der Waals surface area (Å²) in [4.78, 5) is 36.5. The Bertz CT molecular complexity index is 674. The molecule has 0 saturated carbocycles. The highest BCUT2D eigenvalue weighted by molar-refractivity contribution is 9.10. The Morgan fingerprint density at radius 2 is 1.74 bits per heavy atom. The molecular formula is C19H28BrN3O4. The van der Waals surface area contributed by atoms with Gasteiger partial charge in [0.15, 0.2) is 5.78 Å². The molecule has 8 heteroatoms. The molecule has 0 aromatic heterocycles. The zero-order valence-electron chi connectivity index (χ0n) is 16.3. The number of urea groups is 1. The molecule has 27 heavy (non-hydrogen) atoms. The van der Waals surface area contributed by atoms with Crippen LogP contribution in [-0.2, 0) is 14.3 Å². The van der Waals surface area contributed by atoms with Gasteiger partial charge < -0.3 is 21.1 Å². The van der Waals surface area contributed by atoms with Gasteiger partial charge in [-0.25, -0.2) is 4.79 Å². The summed E-state index contributed by atoms with van der Waals surface area (Å²) in [6, 6.07) is 4.68. The molecule has 4 N–H and O–H groups in total. The molecule has 1 rings (SSSR count). The first kappa shape index (κ1) is 23.1. The summed E-state index contributed by atoms with van der Waals surface area (Å²) in [7, 11) is 0. The number of esters is 1. The van der Waals surface area contributed by atoms with Crippen LogP contribution in [0.15, 0.2) is 28.7 Å². The zero-order valence-corrected chi connectivity index (χ0v) is 17.9. The van der Waals surface area contributed by atoms with Crippen LogP contribution >= 0.6 is 15.9 Å². The minimum atomic E-state index is -1.18. The zero-order chi connectivity index (χ0) is 20.8. The number of carbonyl (C=O) groups is 3. The second kappa shape index (κ2) is 9.85. The minimum absolute atomic E-state index is 0.149. The van der Waals surface area contributed by atoms with Crippen LogP contribution in [0.1, 0.15) is 41.0 Å². The summed E-state index contributed by atoms with van der Waals surface area (Å²) in [5, 5.41) is 5.37. The fraction of sp³-hybridized carbons (Fsp3) is 0.526. The maximum atomic E-state index is 12.9. The lowest BCUT2D eigenvalue weighted by molar-refractivity contribution is -0.157. The van der Waals surface area contributed by atoms with Crippen LogP contribution in [0.4, 0.5) is 10.5 Å². The molecular weight excluding hydrogens is 414 g/mol. The predicted octanol–water partition coefficient (Wildman–Crippen LogP) is 3.22. The molecule has 2 unspecified atom stereocenters. The van der Waals surface area contributed by atoms with E-state index in [9.17, 15) is 14.4 Å². The Labute approximate surface area is 168 Å². The third-order valence-electron chi connectivity index (χ3n) is 3.92. The fourth-order valence-corrected chi connectivity index (χ4v) is 2.83. The van der Waals surface area contributed by atoms with Crippen LogP contribution in [-0.4, -0.2) is 35.5 Å². The molecule has 1 aromatic rings. The van der Waals surface area contributed by atoms with Crippen LogP contribution in [0.2, 0.25) is 0 Å². The van der Waals surface area contributed by atoms with Crippen LogP contribution in [0, 0.1) is 5.92 Å². The van der Waals surface area contributed by atoms with Gasteiger partial charge in [0.25, 0.3) is 0 Å². The summed E-state index contributed by atoms with van der Waals surface area (Å²) in [6.45, 7) is 8.29. The second-order valence-corrected chi connectivity index (χ2v) is 8.28. The van der Waals surface area contributed by atoms with Gasteiger partial charge >= 0.3 is 12.0 Å². The molecule has 2 atom stereocenters. The molecule has 0 aliphatic carbocycles. The van der Waals surface area contributed by atoms with Crippen molar-refractivity contribution in [2.45, 2.75) is 58.7 Å². The number of rotatable bonds is 8.